The summed E-state index contributed by atoms with van der Waals surface area (Å²) in [6.07, 6.45) is 11.0. The van der Waals surface area contributed by atoms with Crippen LogP contribution in [0, 0.1) is 11.8 Å². The predicted octanol–water partition coefficient (Wildman–Crippen LogP) is 4.01. The Morgan fingerprint density at radius 1 is 1.42 bits per heavy atom. The third kappa shape index (κ3) is 3.17. The molecule has 6 heteroatoms. The quantitative estimate of drug-likeness (QED) is 0.815. The molecular weight excluding hydrogens is 351 g/mol. The highest BCUT2D eigenvalue weighted by molar-refractivity contribution is 7.14. The van der Waals surface area contributed by atoms with E-state index in [1.807, 2.05) is 42.3 Å². The van der Waals surface area contributed by atoms with Crippen molar-refractivity contribution in [2.24, 2.45) is 11.8 Å². The van der Waals surface area contributed by atoms with Gasteiger partial charge in [-0.1, -0.05) is 19.1 Å². The highest BCUT2D eigenvalue weighted by atomic mass is 32.1. The smallest absolute Gasteiger partial charge is 0.230 e. The highest BCUT2D eigenvalue weighted by Crippen LogP contribution is 2.37. The van der Waals surface area contributed by atoms with Gasteiger partial charge >= 0.3 is 0 Å². The summed E-state index contributed by atoms with van der Waals surface area (Å²) in [7, 11) is 0. The van der Waals surface area contributed by atoms with Crippen LogP contribution in [0.4, 0.5) is 4.39 Å². The predicted molar refractivity (Wildman–Crippen MR) is 99.8 cm³/mol. The van der Waals surface area contributed by atoms with E-state index in [-0.39, 0.29) is 11.8 Å². The molecule has 0 aromatic carbocycles. The van der Waals surface area contributed by atoms with Crippen LogP contribution in [0.15, 0.2) is 54.0 Å². The highest BCUT2D eigenvalue weighted by Gasteiger charge is 2.44. The number of carbonyl (C=O) groups is 2. The molecule has 1 aromatic rings. The zero-order valence-electron chi connectivity index (χ0n) is 14.3. The molecule has 0 saturated heterocycles. The van der Waals surface area contributed by atoms with Crippen LogP contribution in [0.25, 0.3) is 5.70 Å². The van der Waals surface area contributed by atoms with E-state index < -0.39 is 12.1 Å². The van der Waals surface area contributed by atoms with Crippen LogP contribution >= 0.6 is 11.3 Å². The van der Waals surface area contributed by atoms with E-state index in [4.69, 9.17) is 0 Å². The molecule has 0 spiro atoms. The second-order valence-electron chi connectivity index (χ2n) is 6.80. The van der Waals surface area contributed by atoms with E-state index in [1.54, 1.807) is 6.07 Å². The number of fused-ring (bicyclic) bond motifs is 1. The molecule has 26 heavy (non-hydrogen) atoms. The van der Waals surface area contributed by atoms with Crippen molar-refractivity contribution in [1.82, 2.24) is 10.2 Å². The first-order chi connectivity index (χ1) is 12.6. The molecule has 0 bridgehead atoms. The summed E-state index contributed by atoms with van der Waals surface area (Å²) >= 11 is 1.43. The van der Waals surface area contributed by atoms with Gasteiger partial charge in [0.1, 0.15) is 6.17 Å². The van der Waals surface area contributed by atoms with Crippen molar-refractivity contribution in [2.75, 3.05) is 0 Å². The number of allylic oxidation sites excluding steroid dienone is 5. The monoisotopic (exact) mass is 370 g/mol. The molecule has 1 fully saturated rings. The van der Waals surface area contributed by atoms with E-state index in [0.717, 1.165) is 34.7 Å². The number of alkyl halides is 1. The molecule has 1 N–H and O–H groups in total. The molecule has 3 aliphatic rings. The number of aldehydes is 1. The Bertz CT molecular complexity index is 880. The Hall–Kier alpha value is -2.47. The Morgan fingerprint density at radius 2 is 2.23 bits per heavy atom. The number of halogens is 1. The summed E-state index contributed by atoms with van der Waals surface area (Å²) in [6, 6.07) is 3.73. The molecule has 1 saturated carbocycles. The van der Waals surface area contributed by atoms with Crippen LogP contribution in [0.3, 0.4) is 0 Å². The molecule has 3 heterocycles. The molecule has 1 aliphatic carbocycles. The van der Waals surface area contributed by atoms with Crippen molar-refractivity contribution in [3.8, 4) is 0 Å². The lowest BCUT2D eigenvalue weighted by atomic mass is 10.0. The average Bonchev–Trinajstić information content (AvgIpc) is 3.23. The van der Waals surface area contributed by atoms with Crippen LogP contribution in [0.2, 0.25) is 0 Å². The molecular formula is C20H19FN2O2S. The number of nitrogens with zero attached hydrogens (tertiary/aromatic N) is 1. The summed E-state index contributed by atoms with van der Waals surface area (Å²) in [4.78, 5) is 26.9. The van der Waals surface area contributed by atoms with Crippen LogP contribution in [0.5, 0.6) is 0 Å². The minimum atomic E-state index is -1.01. The first-order valence-corrected chi connectivity index (χ1v) is 9.48. The van der Waals surface area contributed by atoms with E-state index >= 15 is 0 Å². The van der Waals surface area contributed by atoms with Crippen LogP contribution in [0.1, 0.15) is 34.3 Å². The fourth-order valence-electron chi connectivity index (χ4n) is 3.12. The summed E-state index contributed by atoms with van der Waals surface area (Å²) < 4.78 is 13.2. The van der Waals surface area contributed by atoms with Crippen LogP contribution in [-0.2, 0) is 4.79 Å². The standard InChI is InChI=1S/C20H19FN2O2S/c1-12-5-6-13-3-2-4-18(19-8-7-14(11-24)26-19)23(13)10-17(12)22-20(25)15-9-16(15)21/h2-4,6-8,10-12,15-16H,5,9H2,1H3,(H,22,25)/t12?,15-,16-/m0/s1. The van der Waals surface area contributed by atoms with Gasteiger partial charge < -0.3 is 10.2 Å². The topological polar surface area (TPSA) is 49.4 Å². The maximum atomic E-state index is 13.2. The van der Waals surface area contributed by atoms with Crippen molar-refractivity contribution < 1.29 is 14.0 Å². The van der Waals surface area contributed by atoms with Gasteiger partial charge in [-0.2, -0.15) is 0 Å². The fraction of sp³-hybridized carbons (Fsp3) is 0.300. The van der Waals surface area contributed by atoms with E-state index in [9.17, 15) is 14.0 Å². The fourth-order valence-corrected chi connectivity index (χ4v) is 3.96. The lowest BCUT2D eigenvalue weighted by Gasteiger charge is -2.27. The number of rotatable bonds is 4. The third-order valence-electron chi connectivity index (χ3n) is 4.85. The number of amides is 1. The number of thiophene rings is 1. The van der Waals surface area contributed by atoms with Gasteiger partial charge in [0.25, 0.3) is 0 Å². The zero-order chi connectivity index (χ0) is 18.3. The summed E-state index contributed by atoms with van der Waals surface area (Å²) in [5.41, 5.74) is 2.76. The number of hydrogen-bond acceptors (Lipinski definition) is 4. The summed E-state index contributed by atoms with van der Waals surface area (Å²) in [5.74, 6) is -0.628. The Balaban J connectivity index is 1.65. The summed E-state index contributed by atoms with van der Waals surface area (Å²) in [6.45, 7) is 2.05. The maximum absolute atomic E-state index is 13.2. The van der Waals surface area contributed by atoms with Gasteiger partial charge in [0.2, 0.25) is 5.91 Å². The lowest BCUT2D eigenvalue weighted by molar-refractivity contribution is -0.122. The Labute approximate surface area is 155 Å². The largest absolute Gasteiger partial charge is 0.328 e. The van der Waals surface area contributed by atoms with Crippen molar-refractivity contribution in [2.45, 2.75) is 25.9 Å². The van der Waals surface area contributed by atoms with Gasteiger partial charge in [0, 0.05) is 23.5 Å². The first-order valence-electron chi connectivity index (χ1n) is 8.66. The van der Waals surface area contributed by atoms with Gasteiger partial charge in [-0.15, -0.1) is 11.3 Å². The normalized spacial score (nSPS) is 26.9. The van der Waals surface area contributed by atoms with Gasteiger partial charge in [-0.05, 0) is 37.1 Å². The van der Waals surface area contributed by atoms with Gasteiger partial charge in [0.15, 0.2) is 6.29 Å². The minimum absolute atomic E-state index is 0.123. The second kappa shape index (κ2) is 6.68. The van der Waals surface area contributed by atoms with Gasteiger partial charge in [-0.25, -0.2) is 4.39 Å². The van der Waals surface area contributed by atoms with E-state index in [0.29, 0.717) is 11.3 Å². The minimum Gasteiger partial charge on any atom is -0.328 e. The molecule has 0 radical (unpaired) electrons. The Morgan fingerprint density at radius 3 is 2.92 bits per heavy atom. The van der Waals surface area contributed by atoms with Crippen molar-refractivity contribution >= 4 is 29.2 Å². The SMILES string of the molecule is CC1CC=C2C=CC=C(c3ccc(C=O)s3)N2C=C1NC(=O)[C@H]1C[C@@H]1F. The second-order valence-corrected chi connectivity index (χ2v) is 7.91. The lowest BCUT2D eigenvalue weighted by Crippen LogP contribution is -2.29. The van der Waals surface area contributed by atoms with Gasteiger partial charge in [-0.3, -0.25) is 9.59 Å². The van der Waals surface area contributed by atoms with E-state index in [2.05, 4.69) is 11.4 Å². The van der Waals surface area contributed by atoms with Crippen LogP contribution in [-0.4, -0.2) is 23.3 Å². The van der Waals surface area contributed by atoms with E-state index in [1.165, 1.54) is 11.3 Å². The Kier molecular flexibility index (Phi) is 4.36. The molecule has 1 amide bonds. The number of nitrogens with one attached hydrogen (secondary N) is 1. The third-order valence-corrected chi connectivity index (χ3v) is 5.88. The summed E-state index contributed by atoms with van der Waals surface area (Å²) in [5, 5.41) is 2.93. The average molecular weight is 370 g/mol. The first kappa shape index (κ1) is 17.0. The zero-order valence-corrected chi connectivity index (χ0v) is 15.1. The molecule has 1 aromatic heterocycles. The van der Waals surface area contributed by atoms with Crippen molar-refractivity contribution in [1.29, 1.82) is 0 Å². The molecule has 1 unspecified atom stereocenters. The number of carbonyl (C=O) groups excluding carboxylic acids is 2. The van der Waals surface area contributed by atoms with Crippen molar-refractivity contribution in [3.63, 3.8) is 0 Å². The molecule has 134 valence electrons. The van der Waals surface area contributed by atoms with Gasteiger partial charge in [0.05, 0.1) is 21.4 Å². The number of hydrogen-bond donors (Lipinski definition) is 1. The van der Waals surface area contributed by atoms with Crippen LogP contribution < -0.4 is 5.32 Å². The molecule has 3 atom stereocenters. The van der Waals surface area contributed by atoms with Crippen molar-refractivity contribution in [3.05, 3.63) is 63.8 Å². The molecule has 2 aliphatic heterocycles. The molecule has 4 rings (SSSR count). The maximum Gasteiger partial charge on any atom is 0.230 e. The molecule has 4 nitrogen and oxygen atoms in total.